The van der Waals surface area contributed by atoms with Crippen LogP contribution in [0.15, 0.2) is 91.0 Å². The molecule has 0 unspecified atom stereocenters. The number of hydrogen-bond donors (Lipinski definition) is 0. The van der Waals surface area contributed by atoms with Crippen molar-refractivity contribution in [1.82, 2.24) is 0 Å². The van der Waals surface area contributed by atoms with Crippen LogP contribution in [0.25, 0.3) is 6.08 Å². The van der Waals surface area contributed by atoms with Gasteiger partial charge in [-0.3, -0.25) is 14.4 Å². The molecule has 0 amide bonds. The first-order valence-corrected chi connectivity index (χ1v) is 14.5. The molecule has 2 heterocycles. The molecule has 3 aliphatic rings. The number of carbonyl (C=O) groups excluding carboxylic acids is 3. The number of ketones is 3. The van der Waals surface area contributed by atoms with Gasteiger partial charge in [0.15, 0.2) is 28.8 Å². The summed E-state index contributed by atoms with van der Waals surface area (Å²) >= 11 is 0. The van der Waals surface area contributed by atoms with Crippen molar-refractivity contribution in [2.24, 2.45) is 5.41 Å². The second kappa shape index (κ2) is 10.2. The van der Waals surface area contributed by atoms with Crippen molar-refractivity contribution in [3.8, 4) is 17.2 Å². The van der Waals surface area contributed by atoms with E-state index in [1.165, 1.54) is 14.2 Å². The average molecular weight is 586 g/mol. The Labute approximate surface area is 255 Å². The number of fused-ring (bicyclic) bond motifs is 5. The van der Waals surface area contributed by atoms with E-state index in [-0.39, 0.29) is 17.3 Å². The minimum Gasteiger partial charge on any atom is -0.497 e. The van der Waals surface area contributed by atoms with Gasteiger partial charge in [0.25, 0.3) is 0 Å². The summed E-state index contributed by atoms with van der Waals surface area (Å²) in [5.74, 6) is -0.412. The number of anilines is 1. The molecule has 44 heavy (non-hydrogen) atoms. The molecule has 0 aromatic heterocycles. The van der Waals surface area contributed by atoms with Gasteiger partial charge >= 0.3 is 0 Å². The molecule has 1 saturated heterocycles. The molecule has 1 spiro atoms. The van der Waals surface area contributed by atoms with Gasteiger partial charge in [0.1, 0.15) is 17.2 Å². The lowest BCUT2D eigenvalue weighted by atomic mass is 9.64. The summed E-state index contributed by atoms with van der Waals surface area (Å²) in [6, 6.07) is 23.6. The van der Waals surface area contributed by atoms with Crippen molar-refractivity contribution in [2.75, 3.05) is 26.2 Å². The first kappa shape index (κ1) is 27.7. The van der Waals surface area contributed by atoms with Gasteiger partial charge in [-0.15, -0.1) is 0 Å². The van der Waals surface area contributed by atoms with E-state index in [4.69, 9.17) is 14.2 Å². The SMILES string of the molecule is COc1cccc(C(=O)[C@@H]2[C@@H](c3cccc(OC)c3OC)C3(C(=O)c4ccccc4C3=O)[C@H]3C=Cc4cc(C)ccc4N23)c1. The van der Waals surface area contributed by atoms with Crippen LogP contribution in [0, 0.1) is 12.3 Å². The molecule has 4 aromatic carbocycles. The van der Waals surface area contributed by atoms with Crippen molar-refractivity contribution in [2.45, 2.75) is 24.9 Å². The third-order valence-electron chi connectivity index (χ3n) is 9.35. The van der Waals surface area contributed by atoms with Crippen molar-refractivity contribution in [3.05, 3.63) is 124 Å². The quantitative estimate of drug-likeness (QED) is 0.193. The van der Waals surface area contributed by atoms with Gasteiger partial charge in [0.05, 0.1) is 27.4 Å². The normalized spacial score (nSPS) is 20.7. The molecule has 0 N–H and O–H groups in total. The van der Waals surface area contributed by atoms with Crippen LogP contribution in [0.2, 0.25) is 0 Å². The molecular formula is C37H31NO6. The van der Waals surface area contributed by atoms with Gasteiger partial charge < -0.3 is 19.1 Å². The maximum absolute atomic E-state index is 15.0. The van der Waals surface area contributed by atoms with Crippen molar-refractivity contribution in [1.29, 1.82) is 0 Å². The van der Waals surface area contributed by atoms with Crippen LogP contribution < -0.4 is 19.1 Å². The van der Waals surface area contributed by atoms with Crippen LogP contribution in [0.4, 0.5) is 5.69 Å². The largest absolute Gasteiger partial charge is 0.497 e. The molecule has 2 aliphatic heterocycles. The number of nitrogens with zero attached hydrogens (tertiary/aromatic N) is 1. The summed E-state index contributed by atoms with van der Waals surface area (Å²) in [6.07, 6.45) is 3.88. The summed E-state index contributed by atoms with van der Waals surface area (Å²) in [5, 5.41) is 0. The van der Waals surface area contributed by atoms with Crippen LogP contribution in [0.5, 0.6) is 17.2 Å². The Hall–Kier alpha value is -5.17. The number of para-hydroxylation sites is 1. The number of aryl methyl sites for hydroxylation is 1. The lowest BCUT2D eigenvalue weighted by Crippen LogP contribution is -2.48. The van der Waals surface area contributed by atoms with E-state index in [2.05, 4.69) is 0 Å². The third kappa shape index (κ3) is 3.65. The third-order valence-corrected chi connectivity index (χ3v) is 9.35. The fraction of sp³-hybridized carbons (Fsp3) is 0.216. The van der Waals surface area contributed by atoms with Crippen LogP contribution >= 0.6 is 0 Å². The molecular weight excluding hydrogens is 554 g/mol. The van der Waals surface area contributed by atoms with Crippen LogP contribution in [0.1, 0.15) is 53.7 Å². The number of ether oxygens (including phenoxy) is 3. The number of Topliss-reactive ketones (excluding diaryl/α,β-unsaturated/α-hetero) is 3. The van der Waals surface area contributed by atoms with Gasteiger partial charge in [-0.25, -0.2) is 0 Å². The predicted molar refractivity (Wildman–Crippen MR) is 167 cm³/mol. The van der Waals surface area contributed by atoms with E-state index in [0.29, 0.717) is 39.5 Å². The Kier molecular flexibility index (Phi) is 6.43. The van der Waals surface area contributed by atoms with Gasteiger partial charge in [-0.1, -0.05) is 72.3 Å². The fourth-order valence-corrected chi connectivity index (χ4v) is 7.54. The summed E-state index contributed by atoms with van der Waals surface area (Å²) in [7, 11) is 4.62. The molecule has 1 fully saturated rings. The van der Waals surface area contributed by atoms with Crippen molar-refractivity contribution in [3.63, 3.8) is 0 Å². The molecule has 4 aromatic rings. The van der Waals surface area contributed by atoms with E-state index >= 15 is 0 Å². The highest BCUT2D eigenvalue weighted by atomic mass is 16.5. The summed E-state index contributed by atoms with van der Waals surface area (Å²) in [4.78, 5) is 46.8. The highest BCUT2D eigenvalue weighted by Gasteiger charge is 2.72. The number of rotatable bonds is 6. The van der Waals surface area contributed by atoms with Crippen LogP contribution in [-0.4, -0.2) is 50.8 Å². The number of methoxy groups -OCH3 is 3. The van der Waals surface area contributed by atoms with E-state index in [0.717, 1.165) is 16.8 Å². The Morgan fingerprint density at radius 1 is 0.795 bits per heavy atom. The molecule has 0 saturated carbocycles. The summed E-state index contributed by atoms with van der Waals surface area (Å²) in [5.41, 5.74) is 2.79. The molecule has 0 radical (unpaired) electrons. The van der Waals surface area contributed by atoms with E-state index in [1.54, 1.807) is 67.8 Å². The second-order valence-corrected chi connectivity index (χ2v) is 11.4. The molecule has 220 valence electrons. The summed E-state index contributed by atoms with van der Waals surface area (Å²) < 4.78 is 17.1. The standard InChI is InChI=1S/C37H31NO6/c1-21-15-17-28-22(19-21)16-18-30-37(35(40)25-11-5-6-12-26(25)36(37)41)31(27-13-8-14-29(43-3)34(27)44-4)32(38(28)30)33(39)23-9-7-10-24(20-23)42-2/h5-20,30-32H,1-4H3/t30-,31-,32+/m1/s1. The highest BCUT2D eigenvalue weighted by molar-refractivity contribution is 6.32. The average Bonchev–Trinajstić information content (AvgIpc) is 3.49. The molecule has 3 atom stereocenters. The molecule has 0 bridgehead atoms. The minimum absolute atomic E-state index is 0.237. The van der Waals surface area contributed by atoms with E-state index < -0.39 is 23.4 Å². The lowest BCUT2D eigenvalue weighted by molar-refractivity contribution is 0.0664. The van der Waals surface area contributed by atoms with E-state index in [9.17, 15) is 14.4 Å². The summed E-state index contributed by atoms with van der Waals surface area (Å²) in [6.45, 7) is 2.01. The fourth-order valence-electron chi connectivity index (χ4n) is 7.54. The first-order valence-electron chi connectivity index (χ1n) is 14.5. The number of hydrogen-bond acceptors (Lipinski definition) is 7. The predicted octanol–water partition coefficient (Wildman–Crippen LogP) is 6.34. The monoisotopic (exact) mass is 585 g/mol. The Balaban J connectivity index is 1.58. The first-order chi connectivity index (χ1) is 21.4. The Bertz CT molecular complexity index is 1860. The van der Waals surface area contributed by atoms with Crippen LogP contribution in [-0.2, 0) is 0 Å². The van der Waals surface area contributed by atoms with Crippen molar-refractivity contribution >= 4 is 29.1 Å². The Morgan fingerprint density at radius 2 is 1.52 bits per heavy atom. The Morgan fingerprint density at radius 3 is 2.20 bits per heavy atom. The number of carbonyl (C=O) groups is 3. The number of benzene rings is 4. The maximum Gasteiger partial charge on any atom is 0.186 e. The van der Waals surface area contributed by atoms with E-state index in [1.807, 2.05) is 48.2 Å². The molecule has 7 rings (SSSR count). The van der Waals surface area contributed by atoms with Gasteiger partial charge in [-0.2, -0.15) is 0 Å². The molecule has 7 nitrogen and oxygen atoms in total. The van der Waals surface area contributed by atoms with Crippen molar-refractivity contribution < 1.29 is 28.6 Å². The van der Waals surface area contributed by atoms with Crippen LogP contribution in [0.3, 0.4) is 0 Å². The second-order valence-electron chi connectivity index (χ2n) is 11.4. The smallest absolute Gasteiger partial charge is 0.186 e. The maximum atomic E-state index is 15.0. The highest BCUT2D eigenvalue weighted by Crippen LogP contribution is 2.62. The topological polar surface area (TPSA) is 82.1 Å². The lowest BCUT2D eigenvalue weighted by Gasteiger charge is -2.37. The van der Waals surface area contributed by atoms with Gasteiger partial charge in [0.2, 0.25) is 0 Å². The molecule has 7 heteroatoms. The van der Waals surface area contributed by atoms with Gasteiger partial charge in [0, 0.05) is 33.9 Å². The minimum atomic E-state index is -1.65. The zero-order valence-corrected chi connectivity index (χ0v) is 24.9. The zero-order chi connectivity index (χ0) is 30.7. The van der Waals surface area contributed by atoms with Gasteiger partial charge in [-0.05, 0) is 42.8 Å². The molecule has 1 aliphatic carbocycles. The zero-order valence-electron chi connectivity index (χ0n) is 24.9.